The number of amides is 2. The molecule has 6 heteroatoms. The van der Waals surface area contributed by atoms with Gasteiger partial charge in [-0.15, -0.1) is 0 Å². The molecule has 0 spiro atoms. The fourth-order valence-corrected chi connectivity index (χ4v) is 1.89. The fraction of sp³-hybridized carbons (Fsp3) is 0.0588. The number of hydrogen-bond donors (Lipinski definition) is 3. The summed E-state index contributed by atoms with van der Waals surface area (Å²) in [6.07, 6.45) is 1.53. The maximum Gasteiger partial charge on any atom is 0.281 e. The van der Waals surface area contributed by atoms with Gasteiger partial charge in [-0.05, 0) is 35.9 Å². The molecule has 23 heavy (non-hydrogen) atoms. The van der Waals surface area contributed by atoms with Crippen LogP contribution in [0.15, 0.2) is 60.3 Å². The largest absolute Gasteiger partial charge is 0.497 e. The summed E-state index contributed by atoms with van der Waals surface area (Å²) in [5, 5.41) is 2.56. The van der Waals surface area contributed by atoms with Crippen LogP contribution in [0.25, 0.3) is 6.08 Å². The maximum absolute atomic E-state index is 12.2. The van der Waals surface area contributed by atoms with E-state index in [1.807, 2.05) is 5.43 Å². The number of hydrazine groups is 1. The van der Waals surface area contributed by atoms with E-state index in [0.29, 0.717) is 11.3 Å². The highest BCUT2D eigenvalue weighted by Crippen LogP contribution is 2.13. The van der Waals surface area contributed by atoms with E-state index in [1.165, 1.54) is 6.08 Å². The van der Waals surface area contributed by atoms with Crippen molar-refractivity contribution in [1.82, 2.24) is 10.7 Å². The van der Waals surface area contributed by atoms with Crippen molar-refractivity contribution in [3.63, 3.8) is 0 Å². The van der Waals surface area contributed by atoms with Gasteiger partial charge >= 0.3 is 0 Å². The van der Waals surface area contributed by atoms with Crippen LogP contribution in [0.3, 0.4) is 0 Å². The molecule has 0 aliphatic carbocycles. The van der Waals surface area contributed by atoms with Crippen LogP contribution in [0.4, 0.5) is 0 Å². The molecule has 2 rings (SSSR count). The molecule has 0 radical (unpaired) electrons. The fourth-order valence-electron chi connectivity index (χ4n) is 1.89. The van der Waals surface area contributed by atoms with E-state index in [-0.39, 0.29) is 5.70 Å². The lowest BCUT2D eigenvalue weighted by molar-refractivity contribution is -0.117. The lowest BCUT2D eigenvalue weighted by Crippen LogP contribution is -2.38. The Morgan fingerprint density at radius 3 is 2.26 bits per heavy atom. The van der Waals surface area contributed by atoms with Crippen LogP contribution in [-0.4, -0.2) is 18.9 Å². The second kappa shape index (κ2) is 7.77. The Labute approximate surface area is 133 Å². The van der Waals surface area contributed by atoms with Crippen LogP contribution < -0.4 is 21.3 Å². The van der Waals surface area contributed by atoms with Gasteiger partial charge in [0, 0.05) is 5.56 Å². The van der Waals surface area contributed by atoms with Gasteiger partial charge < -0.3 is 10.1 Å². The highest BCUT2D eigenvalue weighted by atomic mass is 16.5. The number of hydrogen-bond acceptors (Lipinski definition) is 4. The summed E-state index contributed by atoms with van der Waals surface area (Å²) >= 11 is 0. The van der Waals surface area contributed by atoms with E-state index in [4.69, 9.17) is 10.6 Å². The minimum absolute atomic E-state index is 0.0477. The number of carbonyl (C=O) groups is 2. The minimum atomic E-state index is -0.593. The van der Waals surface area contributed by atoms with Crippen LogP contribution in [0, 0.1) is 0 Å². The first kappa shape index (κ1) is 16.3. The summed E-state index contributed by atoms with van der Waals surface area (Å²) in [6, 6.07) is 15.6. The Morgan fingerprint density at radius 2 is 1.70 bits per heavy atom. The Bertz CT molecular complexity index is 710. The minimum Gasteiger partial charge on any atom is -0.497 e. The molecular formula is C17H17N3O3. The standard InChI is InChI=1S/C17H17N3O3/c1-23-14-9-7-12(8-10-14)11-15(17(22)20-18)19-16(21)13-5-3-2-4-6-13/h2-11H,18H2,1H3,(H,19,21)(H,20,22)/b15-11+. The SMILES string of the molecule is COc1ccc(/C=C(/NC(=O)c2ccccc2)C(=O)NN)cc1. The number of rotatable bonds is 5. The quantitative estimate of drug-likeness (QED) is 0.337. The second-order valence-corrected chi connectivity index (χ2v) is 4.62. The van der Waals surface area contributed by atoms with Crippen molar-refractivity contribution in [3.8, 4) is 5.75 Å². The molecule has 0 saturated carbocycles. The van der Waals surface area contributed by atoms with Gasteiger partial charge in [0.2, 0.25) is 0 Å². The molecule has 6 nitrogen and oxygen atoms in total. The van der Waals surface area contributed by atoms with Gasteiger partial charge in [0.1, 0.15) is 11.4 Å². The third kappa shape index (κ3) is 4.42. The molecule has 118 valence electrons. The van der Waals surface area contributed by atoms with Gasteiger partial charge in [-0.3, -0.25) is 15.0 Å². The molecule has 0 aliphatic heterocycles. The van der Waals surface area contributed by atoms with Crippen molar-refractivity contribution in [3.05, 3.63) is 71.4 Å². The summed E-state index contributed by atoms with van der Waals surface area (Å²) in [6.45, 7) is 0. The number of nitrogens with one attached hydrogen (secondary N) is 2. The van der Waals surface area contributed by atoms with Crippen molar-refractivity contribution in [2.24, 2.45) is 5.84 Å². The molecule has 0 atom stereocenters. The molecular weight excluding hydrogens is 294 g/mol. The van der Waals surface area contributed by atoms with E-state index in [2.05, 4.69) is 5.32 Å². The summed E-state index contributed by atoms with van der Waals surface area (Å²) in [5.74, 6) is 4.88. The first-order chi connectivity index (χ1) is 11.1. The zero-order chi connectivity index (χ0) is 16.7. The van der Waals surface area contributed by atoms with Crippen molar-refractivity contribution < 1.29 is 14.3 Å². The molecule has 0 saturated heterocycles. The molecule has 0 aliphatic rings. The van der Waals surface area contributed by atoms with Gasteiger partial charge in [-0.1, -0.05) is 30.3 Å². The van der Waals surface area contributed by atoms with E-state index in [1.54, 1.807) is 61.7 Å². The number of benzene rings is 2. The average molecular weight is 311 g/mol. The molecule has 0 heterocycles. The number of carbonyl (C=O) groups excluding carboxylic acids is 2. The predicted octanol–water partition coefficient (Wildman–Crippen LogP) is 1.46. The highest BCUT2D eigenvalue weighted by molar-refractivity contribution is 6.05. The highest BCUT2D eigenvalue weighted by Gasteiger charge is 2.13. The van der Waals surface area contributed by atoms with Gasteiger partial charge in [0.05, 0.1) is 7.11 Å². The predicted molar refractivity (Wildman–Crippen MR) is 87.2 cm³/mol. The smallest absolute Gasteiger partial charge is 0.281 e. The van der Waals surface area contributed by atoms with E-state index < -0.39 is 11.8 Å². The molecule has 2 aromatic carbocycles. The number of ether oxygens (including phenoxy) is 1. The third-order valence-electron chi connectivity index (χ3n) is 3.09. The first-order valence-corrected chi connectivity index (χ1v) is 6.87. The summed E-state index contributed by atoms with van der Waals surface area (Å²) < 4.78 is 5.08. The molecule has 2 amide bonds. The lowest BCUT2D eigenvalue weighted by Gasteiger charge is -2.09. The van der Waals surface area contributed by atoms with E-state index in [0.717, 1.165) is 5.56 Å². The summed E-state index contributed by atoms with van der Waals surface area (Å²) in [7, 11) is 1.57. The molecule has 4 N–H and O–H groups in total. The Kier molecular flexibility index (Phi) is 5.49. The Hall–Kier alpha value is -3.12. The molecule has 0 fully saturated rings. The Morgan fingerprint density at radius 1 is 1.04 bits per heavy atom. The van der Waals surface area contributed by atoms with E-state index >= 15 is 0 Å². The van der Waals surface area contributed by atoms with Crippen LogP contribution >= 0.6 is 0 Å². The van der Waals surface area contributed by atoms with Gasteiger partial charge in [0.15, 0.2) is 0 Å². The number of nitrogens with two attached hydrogens (primary N) is 1. The lowest BCUT2D eigenvalue weighted by atomic mass is 10.1. The molecule has 2 aromatic rings. The zero-order valence-electron chi connectivity index (χ0n) is 12.6. The number of methoxy groups -OCH3 is 1. The molecule has 0 bridgehead atoms. The zero-order valence-corrected chi connectivity index (χ0v) is 12.6. The first-order valence-electron chi connectivity index (χ1n) is 6.87. The van der Waals surface area contributed by atoms with Crippen molar-refractivity contribution >= 4 is 17.9 Å². The second-order valence-electron chi connectivity index (χ2n) is 4.62. The monoisotopic (exact) mass is 311 g/mol. The van der Waals surface area contributed by atoms with Crippen LogP contribution in [0.1, 0.15) is 15.9 Å². The van der Waals surface area contributed by atoms with Crippen LogP contribution in [0.5, 0.6) is 5.75 Å². The van der Waals surface area contributed by atoms with Crippen molar-refractivity contribution in [1.29, 1.82) is 0 Å². The van der Waals surface area contributed by atoms with Gasteiger partial charge in [0.25, 0.3) is 11.8 Å². The third-order valence-corrected chi connectivity index (χ3v) is 3.09. The van der Waals surface area contributed by atoms with Crippen LogP contribution in [0.2, 0.25) is 0 Å². The topological polar surface area (TPSA) is 93.4 Å². The van der Waals surface area contributed by atoms with Crippen molar-refractivity contribution in [2.75, 3.05) is 7.11 Å². The van der Waals surface area contributed by atoms with Gasteiger partial charge in [-0.25, -0.2) is 5.84 Å². The van der Waals surface area contributed by atoms with E-state index in [9.17, 15) is 9.59 Å². The Balaban J connectivity index is 2.24. The van der Waals surface area contributed by atoms with Crippen molar-refractivity contribution in [2.45, 2.75) is 0 Å². The maximum atomic E-state index is 12.2. The molecule has 0 unspecified atom stereocenters. The normalized spacial score (nSPS) is 10.8. The summed E-state index contributed by atoms with van der Waals surface area (Å²) in [5.41, 5.74) is 3.23. The van der Waals surface area contributed by atoms with Gasteiger partial charge in [-0.2, -0.15) is 0 Å². The van der Waals surface area contributed by atoms with Crippen LogP contribution in [-0.2, 0) is 4.79 Å². The average Bonchev–Trinajstić information content (AvgIpc) is 2.61. The summed E-state index contributed by atoms with van der Waals surface area (Å²) in [4.78, 5) is 24.0. The molecule has 0 aromatic heterocycles.